The molecule has 6 bridgehead atoms. The first-order valence-corrected chi connectivity index (χ1v) is 25.1. The third-order valence-electron chi connectivity index (χ3n) is 15.3. The fourth-order valence-corrected chi connectivity index (χ4v) is 11.0. The molecular weight excluding hydrogens is 889 g/mol. The molecule has 0 spiro atoms. The molecule has 2 aliphatic carbocycles. The first kappa shape index (κ1) is 50.5. The Morgan fingerprint density at radius 1 is 1.10 bits per heavy atom. The van der Waals surface area contributed by atoms with E-state index in [1.54, 1.807) is 46.4 Å². The van der Waals surface area contributed by atoms with Crippen LogP contribution >= 0.6 is 0 Å². The Kier molecular flexibility index (Phi) is 14.8. The second-order valence-corrected chi connectivity index (χ2v) is 21.1. The van der Waals surface area contributed by atoms with Crippen molar-refractivity contribution >= 4 is 46.1 Å². The molecule has 3 aliphatic heterocycles. The second kappa shape index (κ2) is 20.5. The number of carbonyl (C=O) groups is 5. The standard InChI is InChI=1S/C54H72N8O8/c1-11-61-43-20-19-34-24-39(43)40(49(61)37-17-13-21-55-45(37)32(5)69-10)27-54(6,7)29-70-53(68)41-18-14-22-62(58-41)51(66)42(25-35-23-36(63)26-38(34)31(35)4)56-50(65)48(30(2)3)60(9)44(64)28-59(8)52(67)47-46(57-47)33-15-12-16-33/h13,17,19-21,23-24,26,31-33,35,41-42,46-47,57-58,63H,11-12,14-16,18,22,25,27-29H2,1-10H3,(H,56,65)/t31?,32-,35?,41-,42-,46-,47-/m0/s1. The SMILES string of the molecule is CCn1c(-c2cccnc2[C@H](C)OC)c2c3cc(ccc31)C1=CC(O)=CC(C[C@H](NC(=O)C(=C(C)C)N(C)C(=O)CN(C)C(=O)[C@H]3N[C@H]3C3CCC3)C(=O)N3CCC[C@H](N3)C(=O)OCC(C)(C)C2)C1C. The highest BCUT2D eigenvalue weighted by Crippen LogP contribution is 2.44. The number of fused-ring (bicyclic) bond motifs is 6. The Morgan fingerprint density at radius 2 is 1.86 bits per heavy atom. The molecule has 2 saturated heterocycles. The number of rotatable bonds is 11. The van der Waals surface area contributed by atoms with E-state index < -0.39 is 47.1 Å². The largest absolute Gasteiger partial charge is 0.508 e. The van der Waals surface area contributed by atoms with Gasteiger partial charge in [-0.2, -0.15) is 0 Å². The maximum atomic E-state index is 14.9. The van der Waals surface area contributed by atoms with Gasteiger partial charge in [-0.1, -0.05) is 33.3 Å². The Hall–Kier alpha value is -5.84. The molecule has 2 unspecified atom stereocenters. The minimum absolute atomic E-state index is 0.0418. The van der Waals surface area contributed by atoms with Gasteiger partial charge in [-0.25, -0.2) is 5.43 Å². The van der Waals surface area contributed by atoms with Crippen LogP contribution in [0.2, 0.25) is 0 Å². The fraction of sp³-hybridized carbons (Fsp3) is 0.556. The normalized spacial score (nSPS) is 25.1. The first-order chi connectivity index (χ1) is 33.3. The smallest absolute Gasteiger partial charge is 0.324 e. The predicted octanol–water partition coefficient (Wildman–Crippen LogP) is 6.37. The fourth-order valence-electron chi connectivity index (χ4n) is 11.0. The highest BCUT2D eigenvalue weighted by molar-refractivity contribution is 6.01. The van der Waals surface area contributed by atoms with Gasteiger partial charge >= 0.3 is 5.97 Å². The molecule has 4 amide bonds. The van der Waals surface area contributed by atoms with Crippen molar-refractivity contribution in [1.29, 1.82) is 0 Å². The molecule has 16 nitrogen and oxygen atoms in total. The van der Waals surface area contributed by atoms with Gasteiger partial charge in [-0.05, 0) is 143 Å². The number of aryl methyl sites for hydroxylation is 1. The zero-order chi connectivity index (χ0) is 50.3. The third kappa shape index (κ3) is 10.2. The van der Waals surface area contributed by atoms with Crippen molar-refractivity contribution in [2.75, 3.05) is 40.9 Å². The number of pyridine rings is 1. The molecule has 5 aliphatic rings. The van der Waals surface area contributed by atoms with E-state index in [-0.39, 0.29) is 67.6 Å². The number of hydrogen-bond donors (Lipinski definition) is 4. The molecule has 376 valence electrons. The van der Waals surface area contributed by atoms with Crippen molar-refractivity contribution in [2.24, 2.45) is 23.2 Å². The van der Waals surface area contributed by atoms with Gasteiger partial charge in [0.2, 0.25) is 11.8 Å². The van der Waals surface area contributed by atoms with Crippen LogP contribution in [0, 0.1) is 23.2 Å². The molecule has 3 fully saturated rings. The van der Waals surface area contributed by atoms with E-state index in [9.17, 15) is 29.1 Å². The average molecular weight is 961 g/mol. The van der Waals surface area contributed by atoms with Crippen molar-refractivity contribution in [2.45, 2.75) is 130 Å². The van der Waals surface area contributed by atoms with Crippen molar-refractivity contribution in [3.05, 3.63) is 82.5 Å². The zero-order valence-corrected chi connectivity index (χ0v) is 42.6. The summed E-state index contributed by atoms with van der Waals surface area (Å²) in [7, 11) is 4.77. The maximum absolute atomic E-state index is 14.9. The number of carbonyl (C=O) groups excluding carboxylic acids is 5. The van der Waals surface area contributed by atoms with Gasteiger partial charge < -0.3 is 34.3 Å². The van der Waals surface area contributed by atoms with Gasteiger partial charge in [0.15, 0.2) is 0 Å². The number of aliphatic hydroxyl groups excluding tert-OH is 1. The van der Waals surface area contributed by atoms with Crippen LogP contribution in [0.15, 0.2) is 65.7 Å². The van der Waals surface area contributed by atoms with E-state index in [2.05, 4.69) is 72.6 Å². The third-order valence-corrected chi connectivity index (χ3v) is 15.3. The lowest BCUT2D eigenvalue weighted by Gasteiger charge is -2.37. The molecular formula is C54H72N8O8. The summed E-state index contributed by atoms with van der Waals surface area (Å²) < 4.78 is 14.3. The number of esters is 1. The number of benzene rings is 1. The van der Waals surface area contributed by atoms with Crippen molar-refractivity contribution in [3.8, 4) is 11.3 Å². The van der Waals surface area contributed by atoms with Gasteiger partial charge in [0.25, 0.3) is 11.8 Å². The number of likely N-dealkylation sites (N-methyl/N-ethyl adjacent to an activating group) is 2. The van der Waals surface area contributed by atoms with Crippen LogP contribution in [0.3, 0.4) is 0 Å². The van der Waals surface area contributed by atoms with Gasteiger partial charge in [0.05, 0.1) is 30.6 Å². The minimum atomic E-state index is -1.16. The molecule has 70 heavy (non-hydrogen) atoms. The van der Waals surface area contributed by atoms with Crippen molar-refractivity contribution < 1.29 is 38.6 Å². The Balaban J connectivity index is 1.14. The molecule has 3 aromatic rings. The zero-order valence-electron chi connectivity index (χ0n) is 42.6. The number of aliphatic hydroxyl groups is 1. The number of nitrogens with zero attached hydrogens (tertiary/aromatic N) is 5. The molecule has 5 heterocycles. The summed E-state index contributed by atoms with van der Waals surface area (Å²) in [6.45, 7) is 14.6. The first-order valence-electron chi connectivity index (χ1n) is 25.1. The number of amides is 4. The number of cyclic esters (lactones) is 1. The summed E-state index contributed by atoms with van der Waals surface area (Å²) in [4.78, 5) is 78.1. The number of hydrazine groups is 1. The van der Waals surface area contributed by atoms with E-state index in [1.807, 2.05) is 13.0 Å². The van der Waals surface area contributed by atoms with Crippen LogP contribution in [0.5, 0.6) is 0 Å². The van der Waals surface area contributed by atoms with E-state index in [4.69, 9.17) is 14.5 Å². The highest BCUT2D eigenvalue weighted by Gasteiger charge is 2.50. The monoisotopic (exact) mass is 961 g/mol. The Labute approximate surface area is 411 Å². The summed E-state index contributed by atoms with van der Waals surface area (Å²) in [6, 6.07) is 8.24. The number of allylic oxidation sites excluding steroid dienone is 4. The van der Waals surface area contributed by atoms with Crippen LogP contribution in [0.4, 0.5) is 0 Å². The van der Waals surface area contributed by atoms with Gasteiger partial charge in [0.1, 0.15) is 29.6 Å². The lowest BCUT2D eigenvalue weighted by molar-refractivity contribution is -0.155. The number of hydrogen-bond acceptors (Lipinski definition) is 11. The average Bonchev–Trinajstić information content (AvgIpc) is 4.04. The molecule has 1 aromatic carbocycles. The maximum Gasteiger partial charge on any atom is 0.324 e. The molecule has 4 N–H and O–H groups in total. The number of methoxy groups -OCH3 is 1. The summed E-state index contributed by atoms with van der Waals surface area (Å²) >= 11 is 0. The number of ether oxygens (including phenoxy) is 2. The molecule has 1 saturated carbocycles. The lowest BCUT2D eigenvalue weighted by Crippen LogP contribution is -2.60. The topological polar surface area (TPSA) is 198 Å². The number of nitrogens with one attached hydrogen (secondary N) is 3. The van der Waals surface area contributed by atoms with E-state index in [0.29, 0.717) is 37.3 Å². The van der Waals surface area contributed by atoms with Gasteiger partial charge in [0, 0.05) is 68.4 Å². The summed E-state index contributed by atoms with van der Waals surface area (Å²) in [5.41, 5.74) is 9.82. The molecule has 0 radical (unpaired) electrons. The van der Waals surface area contributed by atoms with E-state index >= 15 is 0 Å². The van der Waals surface area contributed by atoms with Crippen LogP contribution < -0.4 is 16.1 Å². The van der Waals surface area contributed by atoms with Crippen molar-refractivity contribution in [3.63, 3.8) is 0 Å². The molecule has 16 heteroatoms. The molecule has 8 rings (SSSR count). The van der Waals surface area contributed by atoms with Gasteiger partial charge in [-0.3, -0.25) is 39.3 Å². The van der Waals surface area contributed by atoms with Crippen LogP contribution in [0.1, 0.15) is 110 Å². The quantitative estimate of drug-likeness (QED) is 0.0947. The van der Waals surface area contributed by atoms with Crippen LogP contribution in [-0.4, -0.2) is 124 Å². The van der Waals surface area contributed by atoms with Crippen LogP contribution in [-0.2, 0) is 46.4 Å². The molecule has 2 aromatic heterocycles. The van der Waals surface area contributed by atoms with E-state index in [0.717, 1.165) is 57.4 Å². The summed E-state index contributed by atoms with van der Waals surface area (Å²) in [6.07, 6.45) is 9.95. The Morgan fingerprint density at radius 3 is 2.54 bits per heavy atom. The van der Waals surface area contributed by atoms with Crippen molar-refractivity contribution in [1.82, 2.24) is 40.4 Å². The highest BCUT2D eigenvalue weighted by atomic mass is 16.5. The predicted molar refractivity (Wildman–Crippen MR) is 267 cm³/mol. The second-order valence-electron chi connectivity index (χ2n) is 21.1. The minimum Gasteiger partial charge on any atom is -0.508 e. The number of aromatic nitrogens is 2. The van der Waals surface area contributed by atoms with Crippen LogP contribution in [0.25, 0.3) is 27.7 Å². The Bertz CT molecular complexity index is 2640. The lowest BCUT2D eigenvalue weighted by atomic mass is 9.76. The van der Waals surface area contributed by atoms with Gasteiger partial charge in [-0.15, -0.1) is 0 Å². The summed E-state index contributed by atoms with van der Waals surface area (Å²) in [5.74, 6) is -2.36. The van der Waals surface area contributed by atoms with E-state index in [1.165, 1.54) is 28.3 Å². The molecule has 7 atom stereocenters. The summed E-state index contributed by atoms with van der Waals surface area (Å²) in [5, 5.41) is 20.2.